The van der Waals surface area contributed by atoms with E-state index in [9.17, 15) is 13.2 Å². The van der Waals surface area contributed by atoms with E-state index in [4.69, 9.17) is 0 Å². The number of nitrogens with one attached hydrogen (secondary N) is 1. The molecule has 0 spiro atoms. The van der Waals surface area contributed by atoms with Crippen LogP contribution >= 0.6 is 24.1 Å². The maximum absolute atomic E-state index is 13.2. The van der Waals surface area contributed by atoms with Crippen molar-refractivity contribution in [2.24, 2.45) is 0 Å². The van der Waals surface area contributed by atoms with Crippen molar-refractivity contribution in [1.29, 1.82) is 0 Å². The summed E-state index contributed by atoms with van der Waals surface area (Å²) in [5.74, 6) is 0.0429. The SMILES string of the molecule is Cl.O=C1CNCCN1C1CCCN(S(=O)(=O)c2cccc3nsnc23)C1. The minimum absolute atomic E-state index is 0. The van der Waals surface area contributed by atoms with Crippen LogP contribution in [0, 0.1) is 0 Å². The zero-order valence-electron chi connectivity index (χ0n) is 14.0. The number of piperidine rings is 1. The fourth-order valence-electron chi connectivity index (χ4n) is 3.53. The minimum atomic E-state index is -3.66. The molecule has 0 radical (unpaired) electrons. The molecule has 1 N–H and O–H groups in total. The van der Waals surface area contributed by atoms with E-state index in [1.165, 1.54) is 4.31 Å². The van der Waals surface area contributed by atoms with Gasteiger partial charge in [-0.15, -0.1) is 12.4 Å². The number of aromatic nitrogens is 2. The van der Waals surface area contributed by atoms with Crippen molar-refractivity contribution in [3.63, 3.8) is 0 Å². The lowest BCUT2D eigenvalue weighted by Gasteiger charge is -2.40. The van der Waals surface area contributed by atoms with E-state index in [1.54, 1.807) is 18.2 Å². The molecule has 0 bridgehead atoms. The van der Waals surface area contributed by atoms with Gasteiger partial charge in [0.25, 0.3) is 0 Å². The van der Waals surface area contributed by atoms with Crippen LogP contribution < -0.4 is 5.32 Å². The molecule has 142 valence electrons. The summed E-state index contributed by atoms with van der Waals surface area (Å²) in [7, 11) is -3.66. The molecule has 2 aromatic rings. The second-order valence-electron chi connectivity index (χ2n) is 6.31. The first-order valence-electron chi connectivity index (χ1n) is 8.29. The Morgan fingerprint density at radius 1 is 1.23 bits per heavy atom. The maximum atomic E-state index is 13.2. The topological polar surface area (TPSA) is 95.5 Å². The molecule has 4 rings (SSSR count). The van der Waals surface area contributed by atoms with E-state index in [0.717, 1.165) is 31.1 Å². The van der Waals surface area contributed by atoms with Crippen LogP contribution in [0.1, 0.15) is 12.8 Å². The minimum Gasteiger partial charge on any atom is -0.336 e. The molecule has 3 heterocycles. The van der Waals surface area contributed by atoms with Crippen LogP contribution in [-0.4, -0.2) is 71.0 Å². The molecular formula is C15H20ClN5O3S2. The van der Waals surface area contributed by atoms with Gasteiger partial charge in [0.15, 0.2) is 0 Å². The Hall–Kier alpha value is -1.33. The van der Waals surface area contributed by atoms with Crippen molar-refractivity contribution in [2.75, 3.05) is 32.7 Å². The maximum Gasteiger partial charge on any atom is 0.245 e. The first-order valence-corrected chi connectivity index (χ1v) is 10.5. The van der Waals surface area contributed by atoms with E-state index in [2.05, 4.69) is 14.1 Å². The summed E-state index contributed by atoms with van der Waals surface area (Å²) in [6.07, 6.45) is 1.58. The summed E-state index contributed by atoms with van der Waals surface area (Å²) in [6, 6.07) is 4.97. The standard InChI is InChI=1S/C15H19N5O3S2.ClH/c21-14-9-16-6-8-20(14)11-3-2-7-19(10-11)25(22,23)13-5-1-4-12-15(13)18-24-17-12;/h1,4-5,11,16H,2-3,6-10H2;1H. The highest BCUT2D eigenvalue weighted by Crippen LogP contribution is 2.27. The predicted molar refractivity (Wildman–Crippen MR) is 101 cm³/mol. The van der Waals surface area contributed by atoms with Crippen LogP contribution in [0.3, 0.4) is 0 Å². The summed E-state index contributed by atoms with van der Waals surface area (Å²) >= 11 is 1.01. The van der Waals surface area contributed by atoms with Crippen LogP contribution in [0.5, 0.6) is 0 Å². The van der Waals surface area contributed by atoms with Gasteiger partial charge in [-0.05, 0) is 25.0 Å². The number of benzene rings is 1. The van der Waals surface area contributed by atoms with Gasteiger partial charge in [-0.1, -0.05) is 6.07 Å². The number of piperazine rings is 1. The molecule has 2 saturated heterocycles. The second kappa shape index (κ2) is 7.73. The van der Waals surface area contributed by atoms with Gasteiger partial charge in [0.1, 0.15) is 15.9 Å². The molecule has 2 aliphatic rings. The number of fused-ring (bicyclic) bond motifs is 1. The van der Waals surface area contributed by atoms with Gasteiger partial charge in [0.05, 0.1) is 18.3 Å². The number of carbonyl (C=O) groups is 1. The molecule has 2 fully saturated rings. The van der Waals surface area contributed by atoms with Crippen LogP contribution in [0.4, 0.5) is 0 Å². The molecule has 1 aromatic carbocycles. The van der Waals surface area contributed by atoms with Gasteiger partial charge in [-0.25, -0.2) is 8.42 Å². The number of amides is 1. The molecule has 1 atom stereocenters. The number of rotatable bonds is 3. The van der Waals surface area contributed by atoms with Gasteiger partial charge < -0.3 is 10.2 Å². The Balaban J connectivity index is 0.00000196. The number of nitrogens with zero attached hydrogens (tertiary/aromatic N) is 4. The Kier molecular flexibility index (Phi) is 5.78. The average Bonchev–Trinajstić information content (AvgIpc) is 3.11. The Morgan fingerprint density at radius 3 is 2.88 bits per heavy atom. The van der Waals surface area contributed by atoms with Crippen molar-refractivity contribution >= 4 is 51.1 Å². The third-order valence-corrected chi connectivity index (χ3v) is 7.23. The van der Waals surface area contributed by atoms with E-state index in [0.29, 0.717) is 37.2 Å². The number of hydrogen-bond donors (Lipinski definition) is 1. The predicted octanol–water partition coefficient (Wildman–Crippen LogP) is 0.698. The zero-order valence-corrected chi connectivity index (χ0v) is 16.4. The van der Waals surface area contributed by atoms with Gasteiger partial charge in [0.2, 0.25) is 15.9 Å². The van der Waals surface area contributed by atoms with E-state index in [1.807, 2.05) is 4.90 Å². The Morgan fingerprint density at radius 2 is 2.08 bits per heavy atom. The highest BCUT2D eigenvalue weighted by atomic mass is 35.5. The lowest BCUT2D eigenvalue weighted by Crippen LogP contribution is -2.57. The number of halogens is 1. The van der Waals surface area contributed by atoms with Crippen molar-refractivity contribution in [1.82, 2.24) is 23.3 Å². The largest absolute Gasteiger partial charge is 0.336 e. The van der Waals surface area contributed by atoms with Gasteiger partial charge in [-0.2, -0.15) is 13.1 Å². The first kappa shape index (κ1) is 19.4. The molecule has 11 heteroatoms. The van der Waals surface area contributed by atoms with Crippen LogP contribution in [0.15, 0.2) is 23.1 Å². The molecule has 1 aromatic heterocycles. The fraction of sp³-hybridized carbons (Fsp3) is 0.533. The molecule has 2 aliphatic heterocycles. The quantitative estimate of drug-likeness (QED) is 0.789. The molecule has 1 amide bonds. The molecule has 8 nitrogen and oxygen atoms in total. The van der Waals surface area contributed by atoms with Gasteiger partial charge in [-0.3, -0.25) is 4.79 Å². The van der Waals surface area contributed by atoms with Crippen LogP contribution in [0.25, 0.3) is 11.0 Å². The summed E-state index contributed by atoms with van der Waals surface area (Å²) in [4.78, 5) is 14.2. The smallest absolute Gasteiger partial charge is 0.245 e. The van der Waals surface area contributed by atoms with E-state index < -0.39 is 10.0 Å². The highest BCUT2D eigenvalue weighted by molar-refractivity contribution is 7.89. The number of hydrogen-bond acceptors (Lipinski definition) is 7. The Labute approximate surface area is 162 Å². The molecule has 0 saturated carbocycles. The normalized spacial score (nSPS) is 22.4. The lowest BCUT2D eigenvalue weighted by molar-refractivity contribution is -0.135. The third-order valence-electron chi connectivity index (χ3n) is 4.79. The monoisotopic (exact) mass is 417 g/mol. The Bertz CT molecular complexity index is 904. The summed E-state index contributed by atoms with van der Waals surface area (Å²) in [6.45, 7) is 2.50. The molecule has 26 heavy (non-hydrogen) atoms. The third kappa shape index (κ3) is 3.44. The summed E-state index contributed by atoms with van der Waals surface area (Å²) in [5.41, 5.74) is 1.02. The second-order valence-corrected chi connectivity index (χ2v) is 8.75. The molecular weight excluding hydrogens is 398 g/mol. The van der Waals surface area contributed by atoms with Crippen LogP contribution in [0.2, 0.25) is 0 Å². The molecule has 1 unspecified atom stereocenters. The van der Waals surface area contributed by atoms with Crippen molar-refractivity contribution in [2.45, 2.75) is 23.8 Å². The van der Waals surface area contributed by atoms with Crippen molar-refractivity contribution in [3.05, 3.63) is 18.2 Å². The van der Waals surface area contributed by atoms with Crippen molar-refractivity contribution in [3.8, 4) is 0 Å². The highest BCUT2D eigenvalue weighted by Gasteiger charge is 2.36. The summed E-state index contributed by atoms with van der Waals surface area (Å²) < 4.78 is 36.1. The first-order chi connectivity index (χ1) is 12.1. The van der Waals surface area contributed by atoms with E-state index in [-0.39, 0.29) is 29.3 Å². The van der Waals surface area contributed by atoms with E-state index >= 15 is 0 Å². The van der Waals surface area contributed by atoms with Crippen LogP contribution in [-0.2, 0) is 14.8 Å². The molecule has 0 aliphatic carbocycles. The number of carbonyl (C=O) groups excluding carboxylic acids is 1. The van der Waals surface area contributed by atoms with Gasteiger partial charge >= 0.3 is 0 Å². The fourth-order valence-corrected chi connectivity index (χ4v) is 5.80. The average molecular weight is 418 g/mol. The summed E-state index contributed by atoms with van der Waals surface area (Å²) in [5, 5.41) is 3.05. The van der Waals surface area contributed by atoms with Crippen molar-refractivity contribution < 1.29 is 13.2 Å². The zero-order chi connectivity index (χ0) is 17.4. The number of sulfonamides is 1. The van der Waals surface area contributed by atoms with Gasteiger partial charge in [0, 0.05) is 32.2 Å². The lowest BCUT2D eigenvalue weighted by atomic mass is 10.1.